The van der Waals surface area contributed by atoms with Crippen LogP contribution in [0.15, 0.2) is 59.5 Å². The van der Waals surface area contributed by atoms with Gasteiger partial charge >= 0.3 is 0 Å². The Bertz CT molecular complexity index is 840. The van der Waals surface area contributed by atoms with Crippen molar-refractivity contribution in [1.82, 2.24) is 4.31 Å². The third kappa shape index (κ3) is 3.18. The van der Waals surface area contributed by atoms with Crippen LogP contribution in [-0.2, 0) is 14.8 Å². The molecule has 126 valence electrons. The lowest BCUT2D eigenvalue weighted by atomic mass is 10.2. The lowest BCUT2D eigenvalue weighted by Crippen LogP contribution is -2.43. The molecule has 0 aromatic heterocycles. The second kappa shape index (κ2) is 6.70. The Hall–Kier alpha value is -2.25. The molecule has 5 nitrogen and oxygen atoms in total. The Balaban J connectivity index is 1.83. The molecule has 1 unspecified atom stereocenters. The Morgan fingerprint density at radius 1 is 1.08 bits per heavy atom. The number of anilines is 1. The van der Waals surface area contributed by atoms with Crippen molar-refractivity contribution < 1.29 is 17.6 Å². The van der Waals surface area contributed by atoms with E-state index in [2.05, 4.69) is 5.32 Å². The van der Waals surface area contributed by atoms with Gasteiger partial charge in [-0.15, -0.1) is 0 Å². The summed E-state index contributed by atoms with van der Waals surface area (Å²) in [5.74, 6) is -1.07. The van der Waals surface area contributed by atoms with Gasteiger partial charge in [0.15, 0.2) is 0 Å². The minimum Gasteiger partial charge on any atom is -0.322 e. The van der Waals surface area contributed by atoms with Gasteiger partial charge in [-0.25, -0.2) is 12.8 Å². The molecule has 2 aromatic carbocycles. The molecule has 0 saturated carbocycles. The summed E-state index contributed by atoms with van der Waals surface area (Å²) in [7, 11) is -3.76. The van der Waals surface area contributed by atoms with Gasteiger partial charge in [-0.1, -0.05) is 30.3 Å². The summed E-state index contributed by atoms with van der Waals surface area (Å²) >= 11 is 0. The maximum absolute atomic E-state index is 13.7. The van der Waals surface area contributed by atoms with Crippen molar-refractivity contribution in [3.8, 4) is 0 Å². The highest BCUT2D eigenvalue weighted by Crippen LogP contribution is 2.27. The van der Waals surface area contributed by atoms with Gasteiger partial charge in [0.25, 0.3) is 0 Å². The quantitative estimate of drug-likeness (QED) is 0.924. The lowest BCUT2D eigenvalue weighted by molar-refractivity contribution is -0.119. The molecule has 0 bridgehead atoms. The van der Waals surface area contributed by atoms with Crippen LogP contribution in [0.5, 0.6) is 0 Å². The van der Waals surface area contributed by atoms with Crippen LogP contribution in [-0.4, -0.2) is 31.2 Å². The molecule has 0 spiro atoms. The van der Waals surface area contributed by atoms with E-state index in [0.717, 1.165) is 0 Å². The Kier molecular flexibility index (Phi) is 4.64. The molecule has 1 atom stereocenters. The predicted octanol–water partition coefficient (Wildman–Crippen LogP) is 2.62. The van der Waals surface area contributed by atoms with Crippen LogP contribution in [0.4, 0.5) is 10.1 Å². The minimum absolute atomic E-state index is 0.0476. The summed E-state index contributed by atoms with van der Waals surface area (Å²) in [4.78, 5) is 12.6. The summed E-state index contributed by atoms with van der Waals surface area (Å²) in [5, 5.41) is 2.49. The molecule has 0 aliphatic carbocycles. The van der Waals surface area contributed by atoms with Crippen LogP contribution in [0.2, 0.25) is 0 Å². The molecule has 7 heteroatoms. The molecular formula is C17H17FN2O3S. The summed E-state index contributed by atoms with van der Waals surface area (Å²) in [6.07, 6.45) is 0.994. The van der Waals surface area contributed by atoms with E-state index in [1.54, 1.807) is 24.3 Å². The molecule has 1 N–H and O–H groups in total. The second-order valence-electron chi connectivity index (χ2n) is 5.56. The van der Waals surface area contributed by atoms with E-state index in [9.17, 15) is 17.6 Å². The van der Waals surface area contributed by atoms with E-state index in [4.69, 9.17) is 0 Å². The number of sulfonamides is 1. The van der Waals surface area contributed by atoms with Crippen molar-refractivity contribution in [3.63, 3.8) is 0 Å². The first kappa shape index (κ1) is 16.6. The summed E-state index contributed by atoms with van der Waals surface area (Å²) in [6.45, 7) is 0.270. The van der Waals surface area contributed by atoms with Crippen molar-refractivity contribution in [2.45, 2.75) is 23.8 Å². The van der Waals surface area contributed by atoms with E-state index in [0.29, 0.717) is 12.8 Å². The topological polar surface area (TPSA) is 66.5 Å². The number of hydrogen-bond donors (Lipinski definition) is 1. The van der Waals surface area contributed by atoms with E-state index in [1.165, 1.54) is 34.6 Å². The number of rotatable bonds is 4. The van der Waals surface area contributed by atoms with Gasteiger partial charge in [0, 0.05) is 6.54 Å². The fourth-order valence-electron chi connectivity index (χ4n) is 2.80. The van der Waals surface area contributed by atoms with Crippen LogP contribution in [0, 0.1) is 5.82 Å². The lowest BCUT2D eigenvalue weighted by Gasteiger charge is -2.23. The third-order valence-corrected chi connectivity index (χ3v) is 5.91. The summed E-state index contributed by atoms with van der Waals surface area (Å²) in [6, 6.07) is 13.0. The van der Waals surface area contributed by atoms with Gasteiger partial charge in [-0.05, 0) is 37.1 Å². The van der Waals surface area contributed by atoms with Crippen molar-refractivity contribution in [2.75, 3.05) is 11.9 Å². The standard InChI is InChI=1S/C17H17FN2O3S/c18-14-9-4-5-10-15(14)19-17(21)16-11-6-12-20(16)24(22,23)13-7-2-1-3-8-13/h1-5,7-10,16H,6,11-12H2,(H,19,21). The molecule has 1 aliphatic rings. The monoisotopic (exact) mass is 348 g/mol. The van der Waals surface area contributed by atoms with Crippen LogP contribution < -0.4 is 5.32 Å². The van der Waals surface area contributed by atoms with Crippen molar-refractivity contribution in [3.05, 3.63) is 60.4 Å². The molecule has 24 heavy (non-hydrogen) atoms. The van der Waals surface area contributed by atoms with Gasteiger partial charge in [0.2, 0.25) is 15.9 Å². The number of para-hydroxylation sites is 1. The molecule has 3 rings (SSSR count). The Morgan fingerprint density at radius 2 is 1.75 bits per heavy atom. The minimum atomic E-state index is -3.76. The number of hydrogen-bond acceptors (Lipinski definition) is 3. The van der Waals surface area contributed by atoms with Gasteiger partial charge in [-0.2, -0.15) is 4.31 Å². The highest BCUT2D eigenvalue weighted by atomic mass is 32.2. The Labute approximate surface area is 140 Å². The molecular weight excluding hydrogens is 331 g/mol. The first-order valence-electron chi connectivity index (χ1n) is 7.62. The van der Waals surface area contributed by atoms with Crippen LogP contribution in [0.25, 0.3) is 0 Å². The highest BCUT2D eigenvalue weighted by Gasteiger charge is 2.39. The van der Waals surface area contributed by atoms with Crippen LogP contribution in [0.3, 0.4) is 0 Å². The fraction of sp³-hybridized carbons (Fsp3) is 0.235. The van der Waals surface area contributed by atoms with Gasteiger partial charge in [0.1, 0.15) is 11.9 Å². The predicted molar refractivity (Wildman–Crippen MR) is 88.4 cm³/mol. The SMILES string of the molecule is O=C(Nc1ccccc1F)C1CCCN1S(=O)(=O)c1ccccc1. The van der Waals surface area contributed by atoms with Crippen molar-refractivity contribution in [2.24, 2.45) is 0 Å². The number of carbonyl (C=O) groups excluding carboxylic acids is 1. The van der Waals surface area contributed by atoms with Gasteiger partial charge in [0.05, 0.1) is 10.6 Å². The van der Waals surface area contributed by atoms with Crippen molar-refractivity contribution in [1.29, 1.82) is 0 Å². The van der Waals surface area contributed by atoms with E-state index >= 15 is 0 Å². The molecule has 0 radical (unpaired) electrons. The van der Waals surface area contributed by atoms with E-state index in [1.807, 2.05) is 0 Å². The first-order valence-corrected chi connectivity index (χ1v) is 9.06. The number of halogens is 1. The normalized spacial score (nSPS) is 18.5. The summed E-state index contributed by atoms with van der Waals surface area (Å²) in [5.41, 5.74) is 0.0476. The smallest absolute Gasteiger partial charge is 0.243 e. The average Bonchev–Trinajstić information content (AvgIpc) is 3.08. The fourth-order valence-corrected chi connectivity index (χ4v) is 4.47. The molecule has 1 saturated heterocycles. The zero-order valence-corrected chi connectivity index (χ0v) is 13.7. The molecule has 2 aromatic rings. The zero-order chi connectivity index (χ0) is 17.2. The second-order valence-corrected chi connectivity index (χ2v) is 7.45. The van der Waals surface area contributed by atoms with Crippen LogP contribution in [0.1, 0.15) is 12.8 Å². The van der Waals surface area contributed by atoms with Crippen molar-refractivity contribution >= 4 is 21.6 Å². The van der Waals surface area contributed by atoms with Crippen LogP contribution >= 0.6 is 0 Å². The molecule has 1 heterocycles. The zero-order valence-electron chi connectivity index (χ0n) is 12.9. The molecule has 1 amide bonds. The maximum atomic E-state index is 13.7. The average molecular weight is 348 g/mol. The Morgan fingerprint density at radius 3 is 2.46 bits per heavy atom. The number of benzene rings is 2. The van der Waals surface area contributed by atoms with E-state index in [-0.39, 0.29) is 17.1 Å². The number of nitrogens with one attached hydrogen (secondary N) is 1. The van der Waals surface area contributed by atoms with Gasteiger partial charge < -0.3 is 5.32 Å². The number of carbonyl (C=O) groups is 1. The van der Waals surface area contributed by atoms with E-state index < -0.39 is 27.8 Å². The highest BCUT2D eigenvalue weighted by molar-refractivity contribution is 7.89. The number of amides is 1. The summed E-state index contributed by atoms with van der Waals surface area (Å²) < 4.78 is 40.4. The first-order chi connectivity index (χ1) is 11.5. The third-order valence-electron chi connectivity index (χ3n) is 3.99. The molecule has 1 fully saturated rings. The molecule has 1 aliphatic heterocycles. The maximum Gasteiger partial charge on any atom is 0.243 e. The number of nitrogens with zero attached hydrogens (tertiary/aromatic N) is 1. The largest absolute Gasteiger partial charge is 0.322 e. The van der Waals surface area contributed by atoms with Gasteiger partial charge in [-0.3, -0.25) is 4.79 Å².